The van der Waals surface area contributed by atoms with Crippen molar-refractivity contribution in [1.82, 2.24) is 0 Å². The van der Waals surface area contributed by atoms with Crippen LogP contribution in [0.3, 0.4) is 0 Å². The Hall–Kier alpha value is -5.30. The summed E-state index contributed by atoms with van der Waals surface area (Å²) in [7, 11) is 0. The molecule has 0 fully saturated rings. The smallest absolute Gasteiger partial charge is 0.158 e. The normalized spacial score (nSPS) is 10.1. The Bertz CT molecular complexity index is 1530. The molecule has 0 saturated carbocycles. The Balaban J connectivity index is 2.08. The van der Waals surface area contributed by atoms with Crippen molar-refractivity contribution in [2.45, 2.75) is 13.8 Å². The number of hydrogen-bond acceptors (Lipinski definition) is 4. The lowest BCUT2D eigenvalue weighted by Gasteiger charge is -2.15. The van der Waals surface area contributed by atoms with Crippen LogP contribution in [-0.4, -0.2) is 0 Å². The van der Waals surface area contributed by atoms with Crippen molar-refractivity contribution < 1.29 is 8.78 Å². The van der Waals surface area contributed by atoms with Gasteiger partial charge in [0.25, 0.3) is 0 Å². The highest BCUT2D eigenvalue weighted by atomic mass is 19.1. The van der Waals surface area contributed by atoms with Crippen LogP contribution in [0.4, 0.5) is 8.78 Å². The highest BCUT2D eigenvalue weighted by molar-refractivity contribution is 5.84. The van der Waals surface area contributed by atoms with Crippen LogP contribution in [-0.2, 0) is 0 Å². The van der Waals surface area contributed by atoms with E-state index < -0.39 is 11.6 Å². The van der Waals surface area contributed by atoms with E-state index >= 15 is 0 Å². The van der Waals surface area contributed by atoms with Gasteiger partial charge in [-0.05, 0) is 101 Å². The summed E-state index contributed by atoms with van der Waals surface area (Å²) in [6, 6.07) is 24.0. The first kappa shape index (κ1) is 23.8. The Labute approximate surface area is 207 Å². The second kappa shape index (κ2) is 9.52. The lowest BCUT2D eigenvalue weighted by atomic mass is 9.88. The molecule has 0 aliphatic rings. The fraction of sp³-hybridized carbons (Fsp3) is 0.0667. The average molecular weight is 470 g/mol. The summed E-state index contributed by atoms with van der Waals surface area (Å²) < 4.78 is 28.9. The van der Waals surface area contributed by atoms with E-state index in [9.17, 15) is 29.8 Å². The first-order chi connectivity index (χ1) is 17.3. The minimum Gasteiger partial charge on any atom is -0.204 e. The van der Waals surface area contributed by atoms with Crippen LogP contribution in [0.25, 0.3) is 33.4 Å². The van der Waals surface area contributed by atoms with Crippen LogP contribution in [0.1, 0.15) is 33.4 Å². The molecule has 0 unspecified atom stereocenters. The SMILES string of the molecule is Cc1cccc(C)c1-c1cc(-c2cc(C#N)c(F)c(C#N)c2)cc(-c2cc(C#N)c(F)c(C#N)c2)c1. The largest absolute Gasteiger partial charge is 0.204 e. The molecule has 0 bridgehead atoms. The highest BCUT2D eigenvalue weighted by Gasteiger charge is 2.17. The van der Waals surface area contributed by atoms with Gasteiger partial charge in [0.15, 0.2) is 11.6 Å². The zero-order valence-electron chi connectivity index (χ0n) is 19.3. The lowest BCUT2D eigenvalue weighted by Crippen LogP contribution is -1.95. The van der Waals surface area contributed by atoms with E-state index in [2.05, 4.69) is 0 Å². The molecule has 4 aromatic carbocycles. The Morgan fingerprint density at radius 1 is 0.500 bits per heavy atom. The third-order valence-corrected chi connectivity index (χ3v) is 6.00. The number of rotatable bonds is 3. The molecule has 4 nitrogen and oxygen atoms in total. The van der Waals surface area contributed by atoms with Crippen LogP contribution in [0.2, 0.25) is 0 Å². The Kier molecular flexibility index (Phi) is 6.30. The average Bonchev–Trinajstić information content (AvgIpc) is 2.88. The molecule has 0 spiro atoms. The van der Waals surface area contributed by atoms with Crippen LogP contribution in [0, 0.1) is 70.8 Å². The highest BCUT2D eigenvalue weighted by Crippen LogP contribution is 2.37. The van der Waals surface area contributed by atoms with Crippen LogP contribution in [0.15, 0.2) is 60.7 Å². The monoisotopic (exact) mass is 470 g/mol. The van der Waals surface area contributed by atoms with E-state index in [0.29, 0.717) is 22.3 Å². The first-order valence-electron chi connectivity index (χ1n) is 10.8. The van der Waals surface area contributed by atoms with Crippen molar-refractivity contribution in [2.24, 2.45) is 0 Å². The quantitative estimate of drug-likeness (QED) is 0.320. The molecule has 0 saturated heterocycles. The van der Waals surface area contributed by atoms with Crippen LogP contribution < -0.4 is 0 Å². The maximum Gasteiger partial charge on any atom is 0.158 e. The molecular weight excluding hydrogens is 454 g/mol. The van der Waals surface area contributed by atoms with Gasteiger partial charge in [-0.25, -0.2) is 8.78 Å². The number of nitrogens with zero attached hydrogens (tertiary/aromatic N) is 4. The second-order valence-corrected chi connectivity index (χ2v) is 8.28. The molecular formula is C30H16F2N4. The number of aryl methyl sites for hydroxylation is 2. The van der Waals surface area contributed by atoms with E-state index in [1.165, 1.54) is 24.3 Å². The summed E-state index contributed by atoms with van der Waals surface area (Å²) in [6.45, 7) is 3.93. The third-order valence-electron chi connectivity index (χ3n) is 6.00. The standard InChI is InChI=1S/C30H16F2N4/c1-17-4-3-5-18(2)28(17)23-7-19(21-9-24(13-33)29(31)25(10-21)14-34)6-20(8-23)22-11-26(15-35)30(32)27(12-22)16-36/h3-12H,1-2H3. The topological polar surface area (TPSA) is 95.2 Å². The molecule has 0 radical (unpaired) electrons. The number of benzene rings is 4. The molecule has 6 heteroatoms. The van der Waals surface area contributed by atoms with Gasteiger partial charge < -0.3 is 0 Å². The molecule has 0 aliphatic carbocycles. The van der Waals surface area contributed by atoms with Gasteiger partial charge in [0.1, 0.15) is 24.3 Å². The fourth-order valence-electron chi connectivity index (χ4n) is 4.28. The number of halogens is 2. The van der Waals surface area contributed by atoms with Crippen molar-refractivity contribution in [3.05, 3.63) is 106 Å². The van der Waals surface area contributed by atoms with Gasteiger partial charge in [-0.1, -0.05) is 18.2 Å². The van der Waals surface area contributed by atoms with Crippen LogP contribution >= 0.6 is 0 Å². The predicted octanol–water partition coefficient (Wildman–Crippen LogP) is 7.07. The van der Waals surface area contributed by atoms with E-state index in [1.807, 2.05) is 44.2 Å². The van der Waals surface area contributed by atoms with E-state index in [1.54, 1.807) is 30.3 Å². The van der Waals surface area contributed by atoms with Gasteiger partial charge in [0.2, 0.25) is 0 Å². The second-order valence-electron chi connectivity index (χ2n) is 8.28. The van der Waals surface area contributed by atoms with Crippen molar-refractivity contribution in [2.75, 3.05) is 0 Å². The summed E-state index contributed by atoms with van der Waals surface area (Å²) in [4.78, 5) is 0. The predicted molar refractivity (Wildman–Crippen MR) is 131 cm³/mol. The van der Waals surface area contributed by atoms with Gasteiger partial charge in [-0.3, -0.25) is 0 Å². The zero-order chi connectivity index (χ0) is 26.0. The van der Waals surface area contributed by atoms with Gasteiger partial charge >= 0.3 is 0 Å². The van der Waals surface area contributed by atoms with E-state index in [4.69, 9.17) is 0 Å². The third kappa shape index (κ3) is 4.17. The summed E-state index contributed by atoms with van der Waals surface area (Å²) in [6.07, 6.45) is 0. The summed E-state index contributed by atoms with van der Waals surface area (Å²) in [5.41, 5.74) is 4.76. The Morgan fingerprint density at radius 3 is 1.14 bits per heavy atom. The van der Waals surface area contributed by atoms with Crippen molar-refractivity contribution >= 4 is 0 Å². The number of nitriles is 4. The van der Waals surface area contributed by atoms with Crippen LogP contribution in [0.5, 0.6) is 0 Å². The van der Waals surface area contributed by atoms with Crippen molar-refractivity contribution in [3.63, 3.8) is 0 Å². The van der Waals surface area contributed by atoms with Crippen molar-refractivity contribution in [1.29, 1.82) is 21.0 Å². The fourth-order valence-corrected chi connectivity index (χ4v) is 4.28. The zero-order valence-corrected chi connectivity index (χ0v) is 19.3. The molecule has 4 aromatic rings. The maximum absolute atomic E-state index is 14.4. The minimum atomic E-state index is -0.884. The molecule has 4 rings (SSSR count). The summed E-state index contributed by atoms with van der Waals surface area (Å²) in [5, 5.41) is 37.6. The molecule has 0 N–H and O–H groups in total. The molecule has 0 aliphatic heterocycles. The lowest BCUT2D eigenvalue weighted by molar-refractivity contribution is 0.620. The first-order valence-corrected chi connectivity index (χ1v) is 10.8. The maximum atomic E-state index is 14.4. The molecule has 0 atom stereocenters. The van der Waals surface area contributed by atoms with E-state index in [0.717, 1.165) is 22.3 Å². The van der Waals surface area contributed by atoms with Gasteiger partial charge in [0, 0.05) is 0 Å². The minimum absolute atomic E-state index is 0.261. The van der Waals surface area contributed by atoms with E-state index in [-0.39, 0.29) is 22.3 Å². The molecule has 170 valence electrons. The summed E-state index contributed by atoms with van der Waals surface area (Å²) >= 11 is 0. The van der Waals surface area contributed by atoms with Crippen molar-refractivity contribution in [3.8, 4) is 57.7 Å². The van der Waals surface area contributed by atoms with Gasteiger partial charge in [0.05, 0.1) is 22.3 Å². The Morgan fingerprint density at radius 2 is 0.806 bits per heavy atom. The van der Waals surface area contributed by atoms with Gasteiger partial charge in [-0.2, -0.15) is 21.0 Å². The molecule has 0 aromatic heterocycles. The molecule has 0 amide bonds. The number of hydrogen-bond donors (Lipinski definition) is 0. The molecule has 36 heavy (non-hydrogen) atoms. The molecule has 0 heterocycles. The summed E-state index contributed by atoms with van der Waals surface area (Å²) in [5.74, 6) is -1.77. The van der Waals surface area contributed by atoms with Gasteiger partial charge in [-0.15, -0.1) is 0 Å².